The van der Waals surface area contributed by atoms with Crippen molar-refractivity contribution < 1.29 is 4.74 Å². The number of ether oxygens (including phenoxy) is 1. The number of nitriles is 1. The van der Waals surface area contributed by atoms with Crippen LogP contribution in [0.3, 0.4) is 0 Å². The fraction of sp³-hybridized carbons (Fsp3) is 0.500. The number of hydrogen-bond donors (Lipinski definition) is 1. The van der Waals surface area contributed by atoms with E-state index < -0.39 is 0 Å². The SMILES string of the molecule is N#Cc1ccc(N)cc1OCC1CCCCC1. The highest BCUT2D eigenvalue weighted by Gasteiger charge is 2.14. The zero-order valence-corrected chi connectivity index (χ0v) is 9.98. The van der Waals surface area contributed by atoms with Crippen molar-refractivity contribution in [3.05, 3.63) is 23.8 Å². The van der Waals surface area contributed by atoms with Gasteiger partial charge in [0.15, 0.2) is 0 Å². The molecule has 0 spiro atoms. The summed E-state index contributed by atoms with van der Waals surface area (Å²) in [5.74, 6) is 1.26. The standard InChI is InChI=1S/C14H18N2O/c15-9-12-6-7-13(16)8-14(12)17-10-11-4-2-1-3-5-11/h6-8,11H,1-5,10,16H2. The summed E-state index contributed by atoms with van der Waals surface area (Å²) in [6.45, 7) is 0.706. The highest BCUT2D eigenvalue weighted by atomic mass is 16.5. The number of rotatable bonds is 3. The molecule has 0 aromatic heterocycles. The van der Waals surface area contributed by atoms with Gasteiger partial charge in [0.05, 0.1) is 12.2 Å². The summed E-state index contributed by atoms with van der Waals surface area (Å²) in [6.07, 6.45) is 6.43. The van der Waals surface area contributed by atoms with Crippen LogP contribution >= 0.6 is 0 Å². The minimum Gasteiger partial charge on any atom is -0.492 e. The van der Waals surface area contributed by atoms with Crippen LogP contribution in [0.1, 0.15) is 37.7 Å². The van der Waals surface area contributed by atoms with E-state index in [1.807, 2.05) is 0 Å². The second-order valence-electron chi connectivity index (χ2n) is 4.68. The Hall–Kier alpha value is -1.69. The van der Waals surface area contributed by atoms with Crippen molar-refractivity contribution in [2.45, 2.75) is 32.1 Å². The first-order chi connectivity index (χ1) is 8.29. The second-order valence-corrected chi connectivity index (χ2v) is 4.68. The number of anilines is 1. The minimum atomic E-state index is 0.565. The summed E-state index contributed by atoms with van der Waals surface area (Å²) in [5.41, 5.74) is 6.91. The number of nitrogens with two attached hydrogens (primary N) is 1. The number of hydrogen-bond acceptors (Lipinski definition) is 3. The maximum Gasteiger partial charge on any atom is 0.139 e. The van der Waals surface area contributed by atoms with E-state index in [2.05, 4.69) is 6.07 Å². The molecule has 2 N–H and O–H groups in total. The van der Waals surface area contributed by atoms with Gasteiger partial charge in [0.1, 0.15) is 11.8 Å². The Labute approximate surface area is 102 Å². The summed E-state index contributed by atoms with van der Waals surface area (Å²) < 4.78 is 5.75. The fourth-order valence-electron chi connectivity index (χ4n) is 2.31. The summed E-state index contributed by atoms with van der Waals surface area (Å²) >= 11 is 0. The molecule has 1 fully saturated rings. The van der Waals surface area contributed by atoms with E-state index in [9.17, 15) is 0 Å². The van der Waals surface area contributed by atoms with Crippen LogP contribution in [-0.4, -0.2) is 6.61 Å². The molecule has 0 amide bonds. The van der Waals surface area contributed by atoms with Gasteiger partial charge in [-0.15, -0.1) is 0 Å². The van der Waals surface area contributed by atoms with E-state index >= 15 is 0 Å². The Morgan fingerprint density at radius 2 is 2.06 bits per heavy atom. The quantitative estimate of drug-likeness (QED) is 0.812. The van der Waals surface area contributed by atoms with E-state index in [0.717, 1.165) is 0 Å². The molecule has 1 aliphatic carbocycles. The average Bonchev–Trinajstić information content (AvgIpc) is 2.38. The molecule has 0 aliphatic heterocycles. The third-order valence-electron chi connectivity index (χ3n) is 3.33. The van der Waals surface area contributed by atoms with Gasteiger partial charge in [0.25, 0.3) is 0 Å². The Balaban J connectivity index is 1.98. The molecule has 0 heterocycles. The van der Waals surface area contributed by atoms with Crippen molar-refractivity contribution in [3.8, 4) is 11.8 Å². The van der Waals surface area contributed by atoms with Crippen molar-refractivity contribution >= 4 is 5.69 Å². The minimum absolute atomic E-state index is 0.565. The molecule has 3 nitrogen and oxygen atoms in total. The van der Waals surface area contributed by atoms with Gasteiger partial charge in [-0.25, -0.2) is 0 Å². The van der Waals surface area contributed by atoms with Gasteiger partial charge in [0, 0.05) is 11.8 Å². The molecular formula is C14H18N2O. The fourth-order valence-corrected chi connectivity index (χ4v) is 2.31. The summed E-state index contributed by atoms with van der Waals surface area (Å²) in [4.78, 5) is 0. The number of nitrogens with zero attached hydrogens (tertiary/aromatic N) is 1. The van der Waals surface area contributed by atoms with Crippen LogP contribution in [0.5, 0.6) is 5.75 Å². The van der Waals surface area contributed by atoms with Crippen LogP contribution in [0.2, 0.25) is 0 Å². The van der Waals surface area contributed by atoms with Crippen LogP contribution in [0, 0.1) is 17.2 Å². The molecule has 3 heteroatoms. The van der Waals surface area contributed by atoms with Crippen LogP contribution in [-0.2, 0) is 0 Å². The molecule has 17 heavy (non-hydrogen) atoms. The van der Waals surface area contributed by atoms with Crippen molar-refractivity contribution in [2.75, 3.05) is 12.3 Å². The van der Waals surface area contributed by atoms with Gasteiger partial charge in [0.2, 0.25) is 0 Å². The van der Waals surface area contributed by atoms with Gasteiger partial charge in [-0.05, 0) is 30.9 Å². The lowest BCUT2D eigenvalue weighted by atomic mass is 9.90. The Morgan fingerprint density at radius 3 is 2.76 bits per heavy atom. The highest BCUT2D eigenvalue weighted by molar-refractivity contribution is 5.52. The highest BCUT2D eigenvalue weighted by Crippen LogP contribution is 2.26. The Kier molecular flexibility index (Phi) is 3.87. The second kappa shape index (κ2) is 5.58. The van der Waals surface area contributed by atoms with E-state index in [4.69, 9.17) is 15.7 Å². The van der Waals surface area contributed by atoms with Gasteiger partial charge in [-0.3, -0.25) is 0 Å². The lowest BCUT2D eigenvalue weighted by Gasteiger charge is -2.22. The summed E-state index contributed by atoms with van der Waals surface area (Å²) in [7, 11) is 0. The topological polar surface area (TPSA) is 59.0 Å². The van der Waals surface area contributed by atoms with Crippen LogP contribution in [0.25, 0.3) is 0 Å². The average molecular weight is 230 g/mol. The zero-order valence-electron chi connectivity index (χ0n) is 9.98. The number of nitrogen functional groups attached to an aromatic ring is 1. The molecule has 1 aromatic carbocycles. The van der Waals surface area contributed by atoms with E-state index in [1.54, 1.807) is 18.2 Å². The van der Waals surface area contributed by atoms with Gasteiger partial charge in [-0.2, -0.15) is 5.26 Å². The predicted octanol–water partition coefficient (Wildman–Crippen LogP) is 3.10. The van der Waals surface area contributed by atoms with Crippen molar-refractivity contribution in [1.29, 1.82) is 5.26 Å². The summed E-state index contributed by atoms with van der Waals surface area (Å²) in [5, 5.41) is 8.98. The molecular weight excluding hydrogens is 212 g/mol. The molecule has 1 aromatic rings. The van der Waals surface area contributed by atoms with Crippen LogP contribution in [0.15, 0.2) is 18.2 Å². The third kappa shape index (κ3) is 3.13. The monoisotopic (exact) mass is 230 g/mol. The Bertz CT molecular complexity index is 417. The van der Waals surface area contributed by atoms with Crippen LogP contribution in [0.4, 0.5) is 5.69 Å². The van der Waals surface area contributed by atoms with E-state index in [0.29, 0.717) is 29.5 Å². The van der Waals surface area contributed by atoms with Crippen molar-refractivity contribution in [3.63, 3.8) is 0 Å². The first-order valence-electron chi connectivity index (χ1n) is 6.22. The third-order valence-corrected chi connectivity index (χ3v) is 3.33. The lowest BCUT2D eigenvalue weighted by Crippen LogP contribution is -2.15. The maximum atomic E-state index is 8.98. The predicted molar refractivity (Wildman–Crippen MR) is 67.6 cm³/mol. The maximum absolute atomic E-state index is 8.98. The zero-order chi connectivity index (χ0) is 12.1. The normalized spacial score (nSPS) is 16.4. The molecule has 0 bridgehead atoms. The molecule has 2 rings (SSSR count). The van der Waals surface area contributed by atoms with Crippen molar-refractivity contribution in [1.82, 2.24) is 0 Å². The molecule has 0 unspecified atom stereocenters. The van der Waals surface area contributed by atoms with E-state index in [-0.39, 0.29) is 0 Å². The van der Waals surface area contributed by atoms with Crippen LogP contribution < -0.4 is 10.5 Å². The molecule has 0 radical (unpaired) electrons. The summed E-state index contributed by atoms with van der Waals surface area (Å²) in [6, 6.07) is 7.31. The van der Waals surface area contributed by atoms with E-state index in [1.165, 1.54) is 32.1 Å². The number of benzene rings is 1. The largest absolute Gasteiger partial charge is 0.492 e. The smallest absolute Gasteiger partial charge is 0.139 e. The first kappa shape index (κ1) is 11.8. The van der Waals surface area contributed by atoms with Gasteiger partial charge in [-0.1, -0.05) is 19.3 Å². The molecule has 90 valence electrons. The molecule has 1 saturated carbocycles. The van der Waals surface area contributed by atoms with Gasteiger partial charge < -0.3 is 10.5 Å². The molecule has 0 atom stereocenters. The lowest BCUT2D eigenvalue weighted by molar-refractivity contribution is 0.208. The van der Waals surface area contributed by atoms with Crippen molar-refractivity contribution in [2.24, 2.45) is 5.92 Å². The Morgan fingerprint density at radius 1 is 1.29 bits per heavy atom. The molecule has 0 saturated heterocycles. The molecule has 1 aliphatic rings. The van der Waals surface area contributed by atoms with Gasteiger partial charge >= 0.3 is 0 Å². The first-order valence-corrected chi connectivity index (χ1v) is 6.22.